The summed E-state index contributed by atoms with van der Waals surface area (Å²) in [5.74, 6) is 0.103. The number of hydrogen-bond donors (Lipinski definition) is 1. The second kappa shape index (κ2) is 5.86. The normalized spacial score (nSPS) is 23.9. The molecule has 0 saturated carbocycles. The van der Waals surface area contributed by atoms with Crippen molar-refractivity contribution in [2.75, 3.05) is 6.54 Å². The number of carbonyl (C=O) groups excluding carboxylic acids is 1. The Kier molecular flexibility index (Phi) is 4.73. The van der Waals surface area contributed by atoms with Gasteiger partial charge < -0.3 is 5.32 Å². The summed E-state index contributed by atoms with van der Waals surface area (Å²) in [5.41, 5.74) is 0. The monoisotopic (exact) mass is 212 g/mol. The minimum absolute atomic E-state index is 0.0681. The van der Waals surface area contributed by atoms with Gasteiger partial charge >= 0.3 is 0 Å². The maximum absolute atomic E-state index is 11.4. The molecule has 1 aliphatic rings. The molecule has 1 unspecified atom stereocenters. The molecule has 1 aliphatic heterocycles. The first-order valence-electron chi connectivity index (χ1n) is 4.90. The van der Waals surface area contributed by atoms with Crippen molar-refractivity contribution in [3.8, 4) is 0 Å². The van der Waals surface area contributed by atoms with Gasteiger partial charge in [0.2, 0.25) is 5.91 Å². The average Bonchev–Trinajstić information content (AvgIpc) is 2.53. The number of amides is 1. The standard InChI is InChI=1S/C10H16N2OS/c1-3-5-6-8-9(13)12-10(14-8)11-7-4-2/h4,8H,2-3,5-7H2,1H3,(H,11,12,13). The quantitative estimate of drug-likeness (QED) is 0.708. The number of hydrogen-bond acceptors (Lipinski definition) is 3. The summed E-state index contributed by atoms with van der Waals surface area (Å²) >= 11 is 1.54. The van der Waals surface area contributed by atoms with E-state index in [1.54, 1.807) is 17.8 Å². The van der Waals surface area contributed by atoms with Gasteiger partial charge in [0, 0.05) is 0 Å². The smallest absolute Gasteiger partial charge is 0.239 e. The van der Waals surface area contributed by atoms with Crippen LogP contribution in [0.15, 0.2) is 17.6 Å². The van der Waals surface area contributed by atoms with Crippen molar-refractivity contribution >= 4 is 22.8 Å². The van der Waals surface area contributed by atoms with Crippen LogP contribution in [0, 0.1) is 0 Å². The molecule has 1 N–H and O–H groups in total. The van der Waals surface area contributed by atoms with E-state index in [1.807, 2.05) is 0 Å². The zero-order valence-corrected chi connectivity index (χ0v) is 9.27. The van der Waals surface area contributed by atoms with Gasteiger partial charge in [-0.1, -0.05) is 37.6 Å². The fraction of sp³-hybridized carbons (Fsp3) is 0.600. The van der Waals surface area contributed by atoms with E-state index in [-0.39, 0.29) is 11.2 Å². The van der Waals surface area contributed by atoms with E-state index >= 15 is 0 Å². The zero-order chi connectivity index (χ0) is 10.4. The minimum Gasteiger partial charge on any atom is -0.304 e. The summed E-state index contributed by atoms with van der Waals surface area (Å²) in [6.45, 7) is 6.28. The summed E-state index contributed by atoms with van der Waals surface area (Å²) in [6.07, 6.45) is 4.89. The predicted octanol–water partition coefficient (Wildman–Crippen LogP) is 1.95. The second-order valence-corrected chi connectivity index (χ2v) is 4.36. The lowest BCUT2D eigenvalue weighted by molar-refractivity contribution is -0.118. The Morgan fingerprint density at radius 2 is 2.50 bits per heavy atom. The Morgan fingerprint density at radius 3 is 3.14 bits per heavy atom. The van der Waals surface area contributed by atoms with Gasteiger partial charge in [-0.2, -0.15) is 0 Å². The van der Waals surface area contributed by atoms with Crippen LogP contribution in [0.3, 0.4) is 0 Å². The molecule has 3 nitrogen and oxygen atoms in total. The Morgan fingerprint density at radius 1 is 1.71 bits per heavy atom. The van der Waals surface area contributed by atoms with Crippen LogP contribution in [-0.2, 0) is 4.79 Å². The molecule has 1 amide bonds. The fourth-order valence-corrected chi connectivity index (χ4v) is 2.24. The van der Waals surface area contributed by atoms with E-state index < -0.39 is 0 Å². The van der Waals surface area contributed by atoms with E-state index in [9.17, 15) is 4.79 Å². The van der Waals surface area contributed by atoms with Gasteiger partial charge in [-0.3, -0.25) is 9.79 Å². The number of rotatable bonds is 5. The third kappa shape index (κ3) is 3.18. The largest absolute Gasteiger partial charge is 0.304 e. The van der Waals surface area contributed by atoms with Crippen molar-refractivity contribution in [1.29, 1.82) is 0 Å². The third-order valence-corrected chi connectivity index (χ3v) is 3.15. The SMILES string of the molecule is C=CCN=C1NC(=O)C(CCCC)S1. The highest BCUT2D eigenvalue weighted by Crippen LogP contribution is 2.23. The first-order chi connectivity index (χ1) is 6.77. The van der Waals surface area contributed by atoms with Crippen LogP contribution in [0.1, 0.15) is 26.2 Å². The molecular weight excluding hydrogens is 196 g/mol. The molecule has 0 bridgehead atoms. The molecule has 0 aromatic carbocycles. The molecule has 14 heavy (non-hydrogen) atoms. The van der Waals surface area contributed by atoms with E-state index in [0.717, 1.165) is 24.4 Å². The first-order valence-corrected chi connectivity index (χ1v) is 5.78. The minimum atomic E-state index is 0.0681. The third-order valence-electron chi connectivity index (χ3n) is 1.96. The summed E-state index contributed by atoms with van der Waals surface area (Å²) in [4.78, 5) is 15.6. The van der Waals surface area contributed by atoms with Gasteiger partial charge in [-0.05, 0) is 6.42 Å². The fourth-order valence-electron chi connectivity index (χ4n) is 1.21. The highest BCUT2D eigenvalue weighted by molar-refractivity contribution is 8.15. The van der Waals surface area contributed by atoms with Gasteiger partial charge in [0.05, 0.1) is 11.8 Å². The Labute approximate surface area is 89.1 Å². The average molecular weight is 212 g/mol. The molecule has 78 valence electrons. The number of thioether (sulfide) groups is 1. The predicted molar refractivity (Wildman–Crippen MR) is 61.5 cm³/mol. The molecule has 1 rings (SSSR count). The maximum atomic E-state index is 11.4. The highest BCUT2D eigenvalue weighted by Gasteiger charge is 2.28. The van der Waals surface area contributed by atoms with Crippen molar-refractivity contribution in [2.24, 2.45) is 4.99 Å². The Balaban J connectivity index is 2.42. The van der Waals surface area contributed by atoms with Crippen LogP contribution in [0.4, 0.5) is 0 Å². The lowest BCUT2D eigenvalue weighted by Gasteiger charge is -2.01. The molecule has 0 radical (unpaired) electrons. The van der Waals surface area contributed by atoms with Gasteiger partial charge in [-0.25, -0.2) is 0 Å². The lowest BCUT2D eigenvalue weighted by Crippen LogP contribution is -2.24. The molecular formula is C10H16N2OS. The van der Waals surface area contributed by atoms with Gasteiger partial charge in [0.15, 0.2) is 5.17 Å². The summed E-state index contributed by atoms with van der Waals surface area (Å²) < 4.78 is 0. The number of unbranched alkanes of at least 4 members (excludes halogenated alkanes) is 1. The number of nitrogens with zero attached hydrogens (tertiary/aromatic N) is 1. The molecule has 0 aromatic heterocycles. The molecule has 0 spiro atoms. The van der Waals surface area contributed by atoms with Crippen LogP contribution < -0.4 is 5.32 Å². The molecule has 1 saturated heterocycles. The van der Waals surface area contributed by atoms with Crippen LogP contribution in [0.5, 0.6) is 0 Å². The van der Waals surface area contributed by atoms with Crippen molar-refractivity contribution in [3.63, 3.8) is 0 Å². The summed E-state index contributed by atoms with van der Waals surface area (Å²) in [6, 6.07) is 0. The van der Waals surface area contributed by atoms with Gasteiger partial charge in [-0.15, -0.1) is 6.58 Å². The second-order valence-electron chi connectivity index (χ2n) is 3.17. The van der Waals surface area contributed by atoms with E-state index in [0.29, 0.717) is 6.54 Å². The zero-order valence-electron chi connectivity index (χ0n) is 8.45. The first kappa shape index (κ1) is 11.3. The van der Waals surface area contributed by atoms with Crippen LogP contribution in [0.2, 0.25) is 0 Å². The van der Waals surface area contributed by atoms with Crippen molar-refractivity contribution in [2.45, 2.75) is 31.4 Å². The van der Waals surface area contributed by atoms with Gasteiger partial charge in [0.1, 0.15) is 0 Å². The van der Waals surface area contributed by atoms with Crippen LogP contribution in [0.25, 0.3) is 0 Å². The Bertz CT molecular complexity index is 251. The van der Waals surface area contributed by atoms with Crippen molar-refractivity contribution < 1.29 is 4.79 Å². The molecule has 0 aromatic rings. The lowest BCUT2D eigenvalue weighted by atomic mass is 10.2. The summed E-state index contributed by atoms with van der Waals surface area (Å²) in [7, 11) is 0. The molecule has 1 heterocycles. The number of amidine groups is 1. The van der Waals surface area contributed by atoms with Crippen molar-refractivity contribution in [1.82, 2.24) is 5.32 Å². The number of aliphatic imine (C=N–C) groups is 1. The molecule has 0 aliphatic carbocycles. The van der Waals surface area contributed by atoms with Crippen LogP contribution in [-0.4, -0.2) is 22.9 Å². The Hall–Kier alpha value is -0.770. The molecule has 1 atom stereocenters. The molecule has 4 heteroatoms. The van der Waals surface area contributed by atoms with Crippen molar-refractivity contribution in [3.05, 3.63) is 12.7 Å². The molecule has 1 fully saturated rings. The highest BCUT2D eigenvalue weighted by atomic mass is 32.2. The van der Waals surface area contributed by atoms with Crippen LogP contribution >= 0.6 is 11.8 Å². The van der Waals surface area contributed by atoms with E-state index in [1.165, 1.54) is 0 Å². The maximum Gasteiger partial charge on any atom is 0.239 e. The van der Waals surface area contributed by atoms with E-state index in [2.05, 4.69) is 23.8 Å². The van der Waals surface area contributed by atoms with Gasteiger partial charge in [0.25, 0.3) is 0 Å². The van der Waals surface area contributed by atoms with E-state index in [4.69, 9.17) is 0 Å². The number of carbonyl (C=O) groups is 1. The summed E-state index contributed by atoms with van der Waals surface area (Å²) in [5, 5.41) is 3.59. The topological polar surface area (TPSA) is 41.5 Å². The number of nitrogens with one attached hydrogen (secondary N) is 1.